The second kappa shape index (κ2) is 32.9. The van der Waals surface area contributed by atoms with Crippen molar-refractivity contribution in [3.05, 3.63) is 0 Å². The summed E-state index contributed by atoms with van der Waals surface area (Å²) in [5.41, 5.74) is 1.68. The van der Waals surface area contributed by atoms with Crippen molar-refractivity contribution in [1.82, 2.24) is 31.9 Å². The smallest absolute Gasteiger partial charge is 0.407 e. The molecule has 0 fully saturated rings. The van der Waals surface area contributed by atoms with Gasteiger partial charge in [-0.05, 0) is 175 Å². The van der Waals surface area contributed by atoms with E-state index >= 15 is 0 Å². The highest BCUT2D eigenvalue weighted by atomic mass is 16.6. The summed E-state index contributed by atoms with van der Waals surface area (Å²) in [6.45, 7) is 26.7. The molecule has 0 unspecified atom stereocenters. The maximum Gasteiger partial charge on any atom is 0.407 e. The summed E-state index contributed by atoms with van der Waals surface area (Å²) < 4.78 is 27.2. The molecule has 0 radical (unpaired) electrons. The van der Waals surface area contributed by atoms with E-state index in [0.29, 0.717) is 71.0 Å². The molecule has 0 aromatic carbocycles. The number of hydrogen-bond acceptors (Lipinski definition) is 15. The third kappa shape index (κ3) is 38.1. The van der Waals surface area contributed by atoms with Crippen LogP contribution in [0.5, 0.6) is 0 Å². The molecule has 0 aliphatic rings. The van der Waals surface area contributed by atoms with E-state index in [9.17, 15) is 43.2 Å². The molecule has 21 nitrogen and oxygen atoms in total. The molecule has 8 N–H and O–H groups in total. The molecule has 0 saturated heterocycles. The predicted molar refractivity (Wildman–Crippen MR) is 277 cm³/mol. The van der Waals surface area contributed by atoms with Gasteiger partial charge in [0.2, 0.25) is 17.7 Å². The summed E-state index contributed by atoms with van der Waals surface area (Å²) in [4.78, 5) is 117. The molecule has 422 valence electrons. The molecule has 0 heterocycles. The molecule has 21 heteroatoms. The first-order chi connectivity index (χ1) is 33.5. The third-order valence-electron chi connectivity index (χ3n) is 9.81. The number of nitrogens with two attached hydrogens (primary N) is 1. The van der Waals surface area contributed by atoms with E-state index in [2.05, 4.69) is 31.9 Å². The van der Waals surface area contributed by atoms with Crippen LogP contribution in [0, 0.1) is 0 Å². The van der Waals surface area contributed by atoms with Crippen molar-refractivity contribution < 1.29 is 66.8 Å². The lowest BCUT2D eigenvalue weighted by molar-refractivity contribution is -0.160. The lowest BCUT2D eigenvalue weighted by Gasteiger charge is -2.27. The number of rotatable bonds is 31. The summed E-state index contributed by atoms with van der Waals surface area (Å²) in [5.74, 6) is -3.92. The van der Waals surface area contributed by atoms with Crippen molar-refractivity contribution in [2.75, 3.05) is 19.6 Å². The topological polar surface area (TPSA) is 298 Å². The van der Waals surface area contributed by atoms with Crippen LogP contribution in [0.4, 0.5) is 9.59 Å². The zero-order valence-electron chi connectivity index (χ0n) is 47.0. The molecular formula is C52H95N7O14. The van der Waals surface area contributed by atoms with E-state index in [1.807, 2.05) is 0 Å². The summed E-state index contributed by atoms with van der Waals surface area (Å²) in [5, 5.41) is 16.2. The number of nitrogens with one attached hydrogen (secondary N) is 6. The lowest BCUT2D eigenvalue weighted by atomic mass is 10.0. The third-order valence-corrected chi connectivity index (χ3v) is 9.81. The number of hydrogen-bond donors (Lipinski definition) is 7. The van der Waals surface area contributed by atoms with Crippen LogP contribution in [0.2, 0.25) is 0 Å². The van der Waals surface area contributed by atoms with Crippen molar-refractivity contribution >= 4 is 53.7 Å². The maximum atomic E-state index is 13.7. The minimum Gasteiger partial charge on any atom is -0.460 e. The summed E-state index contributed by atoms with van der Waals surface area (Å²) >= 11 is 0. The molecule has 0 aliphatic carbocycles. The van der Waals surface area contributed by atoms with Crippen LogP contribution < -0.4 is 37.6 Å². The summed E-state index contributed by atoms with van der Waals surface area (Å²) in [6.07, 6.45) is 5.21. The highest BCUT2D eigenvalue weighted by Crippen LogP contribution is 2.17. The van der Waals surface area contributed by atoms with Crippen LogP contribution in [0.1, 0.15) is 207 Å². The Hall–Kier alpha value is -5.21. The first-order valence-electron chi connectivity index (χ1n) is 26.0. The molecule has 0 saturated carbocycles. The zero-order chi connectivity index (χ0) is 56.2. The van der Waals surface area contributed by atoms with E-state index in [-0.39, 0.29) is 50.3 Å². The summed E-state index contributed by atoms with van der Waals surface area (Å²) in [7, 11) is 0. The fourth-order valence-electron chi connectivity index (χ4n) is 6.69. The predicted octanol–water partition coefficient (Wildman–Crippen LogP) is 6.20. The lowest BCUT2D eigenvalue weighted by Crippen LogP contribution is -2.53. The molecular weight excluding hydrogens is 947 g/mol. The van der Waals surface area contributed by atoms with E-state index in [1.54, 1.807) is 104 Å². The van der Waals surface area contributed by atoms with Crippen molar-refractivity contribution in [1.29, 1.82) is 0 Å². The Morgan fingerprint density at radius 3 is 1.29 bits per heavy atom. The molecule has 0 aliphatic heterocycles. The van der Waals surface area contributed by atoms with Crippen LogP contribution in [0.3, 0.4) is 0 Å². The molecule has 6 amide bonds. The van der Waals surface area contributed by atoms with Gasteiger partial charge in [0.25, 0.3) is 0 Å². The maximum absolute atomic E-state index is 13.7. The Morgan fingerprint density at radius 2 is 0.795 bits per heavy atom. The van der Waals surface area contributed by atoms with Gasteiger partial charge in [0.15, 0.2) is 0 Å². The molecule has 73 heavy (non-hydrogen) atoms. The Bertz CT molecular complexity index is 1760. The van der Waals surface area contributed by atoms with Crippen LogP contribution in [0.15, 0.2) is 0 Å². The number of ether oxygens (including phenoxy) is 5. The van der Waals surface area contributed by atoms with E-state index in [1.165, 1.54) is 0 Å². The van der Waals surface area contributed by atoms with Gasteiger partial charge in [-0.2, -0.15) is 0 Å². The van der Waals surface area contributed by atoms with Crippen molar-refractivity contribution in [2.24, 2.45) is 5.73 Å². The average molecular weight is 1040 g/mol. The van der Waals surface area contributed by atoms with Crippen LogP contribution in [0.25, 0.3) is 0 Å². The van der Waals surface area contributed by atoms with Gasteiger partial charge in [-0.15, -0.1) is 0 Å². The second-order valence-corrected chi connectivity index (χ2v) is 23.2. The highest BCUT2D eigenvalue weighted by molar-refractivity contribution is 5.91. The normalized spacial score (nSPS) is 13.7. The first kappa shape index (κ1) is 67.8. The number of esters is 4. The molecule has 0 spiro atoms. The van der Waals surface area contributed by atoms with Crippen LogP contribution >= 0.6 is 0 Å². The fourth-order valence-corrected chi connectivity index (χ4v) is 6.69. The van der Waals surface area contributed by atoms with Gasteiger partial charge < -0.3 is 61.3 Å². The Labute approximate surface area is 435 Å². The van der Waals surface area contributed by atoms with E-state index in [0.717, 1.165) is 12.8 Å². The van der Waals surface area contributed by atoms with E-state index in [4.69, 9.17) is 29.4 Å². The minimum atomic E-state index is -1.26. The number of alkyl carbamates (subject to hydrolysis) is 1. The monoisotopic (exact) mass is 1040 g/mol. The van der Waals surface area contributed by atoms with E-state index < -0.39 is 94.1 Å². The number of unbranched alkanes of at least 4 members (excludes halogenated alkanes) is 6. The zero-order valence-corrected chi connectivity index (χ0v) is 47.0. The number of carbonyl (C=O) groups is 9. The van der Waals surface area contributed by atoms with Crippen molar-refractivity contribution in [3.8, 4) is 0 Å². The molecule has 0 bridgehead atoms. The molecule has 0 aromatic rings. The minimum absolute atomic E-state index is 0.113. The second-order valence-electron chi connectivity index (χ2n) is 23.2. The van der Waals surface area contributed by atoms with Gasteiger partial charge in [0.05, 0.1) is 0 Å². The summed E-state index contributed by atoms with van der Waals surface area (Å²) in [6, 6.07) is -5.30. The molecule has 4 atom stereocenters. The van der Waals surface area contributed by atoms with Gasteiger partial charge in [-0.25, -0.2) is 24.0 Å². The van der Waals surface area contributed by atoms with Gasteiger partial charge in [-0.3, -0.25) is 19.2 Å². The van der Waals surface area contributed by atoms with Crippen LogP contribution in [-0.4, -0.2) is 126 Å². The Balaban J connectivity index is 5.37. The number of urea groups is 1. The fraction of sp³-hybridized carbons (Fsp3) is 0.827. The van der Waals surface area contributed by atoms with Gasteiger partial charge in [0, 0.05) is 32.4 Å². The molecule has 0 aromatic heterocycles. The first-order valence-corrected chi connectivity index (χ1v) is 26.0. The largest absolute Gasteiger partial charge is 0.460 e. The Kier molecular flexibility index (Phi) is 30.5. The van der Waals surface area contributed by atoms with Crippen LogP contribution in [-0.2, 0) is 57.2 Å². The van der Waals surface area contributed by atoms with Gasteiger partial charge in [0.1, 0.15) is 52.2 Å². The van der Waals surface area contributed by atoms with Gasteiger partial charge >= 0.3 is 36.0 Å². The Morgan fingerprint density at radius 1 is 0.384 bits per heavy atom. The SMILES string of the molecule is CC(C)(C)OC(=O)CC[C@H](NC(=O)N[C@@H](CCC(=O)NCCCCCCCC(=O)N[C@@H](CCCCNC(=O)OC(C)(C)C)C(=O)N[C@@H](CCCCN)C(=O)OC(C)(C)C)C(=O)OC(C)(C)C)C(=O)OC(C)(C)C. The average Bonchev–Trinajstić information content (AvgIpc) is 3.20. The standard InChI is InChI=1S/C52H95N7O14/c1-48(2,3)69-41(62)31-29-38(45(66)72-51(10,11)12)59-46(67)58-37(44(65)71-50(7,8)9)28-30-39(60)54-33-23-18-16-17-19-27-40(61)56-35(25-21-24-34-55-47(68)73-52(13,14)15)42(63)57-36(26-20-22-32-53)43(64)70-49(4,5)6/h35-38H,16-34,53H2,1-15H3,(H,54,60)(H,55,68)(H,56,61)(H,57,63)(H2,58,59,67)/t35-,36-,37-,38-/m0/s1. The van der Waals surface area contributed by atoms with Gasteiger partial charge in [-0.1, -0.05) is 19.3 Å². The van der Waals surface area contributed by atoms with Crippen molar-refractivity contribution in [3.63, 3.8) is 0 Å². The van der Waals surface area contributed by atoms with Crippen molar-refractivity contribution in [2.45, 2.75) is 259 Å². The highest BCUT2D eigenvalue weighted by Gasteiger charge is 2.33. The number of carbonyl (C=O) groups excluding carboxylic acids is 9. The number of amides is 6. The quantitative estimate of drug-likeness (QED) is 0.0231. The molecule has 0 rings (SSSR count).